The Morgan fingerprint density at radius 2 is 1.97 bits per heavy atom. The van der Waals surface area contributed by atoms with E-state index in [0.29, 0.717) is 18.8 Å². The topological polar surface area (TPSA) is 111 Å². The summed E-state index contributed by atoms with van der Waals surface area (Å²) in [6.07, 6.45) is 1.46. The highest BCUT2D eigenvalue weighted by atomic mass is 35.5. The first kappa shape index (κ1) is 20.9. The maximum atomic E-state index is 13.2. The lowest BCUT2D eigenvalue weighted by Crippen LogP contribution is -2.46. The molecular weight excluding hydrogens is 428 g/mol. The van der Waals surface area contributed by atoms with Crippen LogP contribution in [0.4, 0.5) is 16.2 Å². The lowest BCUT2D eigenvalue weighted by atomic mass is 10.1. The molecule has 2 heterocycles. The number of amides is 2. The van der Waals surface area contributed by atoms with Crippen LogP contribution in [0.25, 0.3) is 0 Å². The molecule has 2 bridgehead atoms. The summed E-state index contributed by atoms with van der Waals surface area (Å²) in [6.45, 7) is 2.87. The van der Waals surface area contributed by atoms with Gasteiger partial charge in [0.15, 0.2) is 5.75 Å². The summed E-state index contributed by atoms with van der Waals surface area (Å²) in [5, 5.41) is 19.1. The number of nitrogens with one attached hydrogen (secondary N) is 3. The van der Waals surface area contributed by atoms with Crippen molar-refractivity contribution in [1.82, 2.24) is 9.62 Å². The van der Waals surface area contributed by atoms with E-state index in [0.717, 1.165) is 18.4 Å². The number of fused-ring (bicyclic) bond motifs is 2. The van der Waals surface area contributed by atoms with E-state index in [1.54, 1.807) is 12.1 Å². The summed E-state index contributed by atoms with van der Waals surface area (Å²) in [5.74, 6) is -0.572. The number of nitrogens with zero attached hydrogens (tertiary/aromatic N) is 1. The predicted molar refractivity (Wildman–Crippen MR) is 116 cm³/mol. The molecule has 0 saturated carbocycles. The molecular formula is C20H23ClN4O4S. The number of carbonyl (C=O) groups excluding carboxylic acids is 1. The number of halogens is 1. The first-order chi connectivity index (χ1) is 14.3. The lowest BCUT2D eigenvalue weighted by Gasteiger charge is -2.27. The normalized spacial score (nSPS) is 21.0. The number of hydrogen-bond acceptors (Lipinski definition) is 5. The quantitative estimate of drug-likeness (QED) is 0.523. The van der Waals surface area contributed by atoms with E-state index in [9.17, 15) is 18.3 Å². The zero-order valence-electron chi connectivity index (χ0n) is 16.4. The molecule has 4 N–H and O–H groups in total. The molecule has 10 heteroatoms. The van der Waals surface area contributed by atoms with Gasteiger partial charge < -0.3 is 21.1 Å². The van der Waals surface area contributed by atoms with E-state index in [2.05, 4.69) is 16.0 Å². The Morgan fingerprint density at radius 3 is 2.63 bits per heavy atom. The Hall–Kier alpha value is -2.33. The minimum Gasteiger partial charge on any atom is -0.504 e. The number of piperazine rings is 1. The van der Waals surface area contributed by atoms with E-state index in [4.69, 9.17) is 11.6 Å². The molecule has 2 atom stereocenters. The first-order valence-corrected chi connectivity index (χ1v) is 11.6. The number of aromatic hydroxyl groups is 1. The maximum Gasteiger partial charge on any atom is 0.323 e. The summed E-state index contributed by atoms with van der Waals surface area (Å²) >= 11 is 6.16. The number of hydrogen-bond donors (Lipinski definition) is 4. The molecule has 0 radical (unpaired) electrons. The fourth-order valence-electron chi connectivity index (χ4n) is 4.05. The van der Waals surface area contributed by atoms with Crippen molar-refractivity contribution in [1.29, 1.82) is 0 Å². The SMILES string of the molecule is CCc1ccccc1NC(=O)Nc1ccc(Cl)c(S(=O)(=O)N2C[C@@H]3C[C@H]2CN3)c1O. The Kier molecular flexibility index (Phi) is 5.63. The Bertz CT molecular complexity index is 1090. The first-order valence-electron chi connectivity index (χ1n) is 9.74. The van der Waals surface area contributed by atoms with Gasteiger partial charge in [0.2, 0.25) is 10.0 Å². The van der Waals surface area contributed by atoms with Gasteiger partial charge in [-0.1, -0.05) is 36.7 Å². The second-order valence-electron chi connectivity index (χ2n) is 7.43. The fraction of sp³-hybridized carbons (Fsp3) is 0.350. The molecule has 2 aliphatic heterocycles. The summed E-state index contributed by atoms with van der Waals surface area (Å²) in [6, 6.07) is 9.43. The molecule has 4 rings (SSSR count). The molecule has 0 spiro atoms. The molecule has 2 fully saturated rings. The van der Waals surface area contributed by atoms with Crippen LogP contribution in [0.2, 0.25) is 5.02 Å². The van der Waals surface area contributed by atoms with Crippen LogP contribution < -0.4 is 16.0 Å². The number of benzene rings is 2. The minimum absolute atomic E-state index is 0.0352. The average Bonchev–Trinajstić information content (AvgIpc) is 3.34. The van der Waals surface area contributed by atoms with Gasteiger partial charge in [0, 0.05) is 30.9 Å². The van der Waals surface area contributed by atoms with E-state index in [-0.39, 0.29) is 27.7 Å². The van der Waals surface area contributed by atoms with Gasteiger partial charge in [0.1, 0.15) is 4.90 Å². The molecule has 8 nitrogen and oxygen atoms in total. The van der Waals surface area contributed by atoms with E-state index < -0.39 is 21.8 Å². The zero-order valence-corrected chi connectivity index (χ0v) is 17.9. The largest absolute Gasteiger partial charge is 0.504 e. The van der Waals surface area contributed by atoms with E-state index in [1.165, 1.54) is 16.4 Å². The van der Waals surface area contributed by atoms with Gasteiger partial charge in [-0.25, -0.2) is 13.2 Å². The number of para-hydroxylation sites is 1. The Morgan fingerprint density at radius 1 is 1.23 bits per heavy atom. The van der Waals surface area contributed by atoms with Crippen LogP contribution in [-0.2, 0) is 16.4 Å². The van der Waals surface area contributed by atoms with Gasteiger partial charge in [-0.3, -0.25) is 0 Å². The van der Waals surface area contributed by atoms with Crippen LogP contribution in [-0.4, -0.2) is 49.0 Å². The molecule has 2 aromatic carbocycles. The molecule has 0 unspecified atom stereocenters. The Labute approximate surface area is 180 Å². The third-order valence-electron chi connectivity index (χ3n) is 5.55. The second-order valence-corrected chi connectivity index (χ2v) is 9.67. The number of phenols is 1. The minimum atomic E-state index is -4.02. The predicted octanol–water partition coefficient (Wildman–Crippen LogP) is 2.99. The number of carbonyl (C=O) groups is 1. The summed E-state index contributed by atoms with van der Waals surface area (Å²) < 4.78 is 27.8. The van der Waals surface area contributed by atoms with Crippen LogP contribution in [0.3, 0.4) is 0 Å². The summed E-state index contributed by atoms with van der Waals surface area (Å²) in [4.78, 5) is 12.1. The number of anilines is 2. The van der Waals surface area contributed by atoms with Gasteiger partial charge >= 0.3 is 6.03 Å². The molecule has 2 aliphatic rings. The van der Waals surface area contributed by atoms with Crippen molar-refractivity contribution in [3.05, 3.63) is 47.0 Å². The fourth-order valence-corrected chi connectivity index (χ4v) is 6.33. The van der Waals surface area contributed by atoms with Crippen LogP contribution in [0.15, 0.2) is 41.3 Å². The van der Waals surface area contributed by atoms with Crippen molar-refractivity contribution in [2.45, 2.75) is 36.7 Å². The van der Waals surface area contributed by atoms with Crippen molar-refractivity contribution >= 4 is 39.0 Å². The van der Waals surface area contributed by atoms with Gasteiger partial charge in [-0.2, -0.15) is 4.31 Å². The highest BCUT2D eigenvalue weighted by Gasteiger charge is 2.45. The summed E-state index contributed by atoms with van der Waals surface area (Å²) in [7, 11) is -4.02. The Balaban J connectivity index is 1.59. The molecule has 30 heavy (non-hydrogen) atoms. The highest BCUT2D eigenvalue weighted by Crippen LogP contribution is 2.41. The van der Waals surface area contributed by atoms with Crippen LogP contribution in [0, 0.1) is 0 Å². The number of phenolic OH excluding ortho intramolecular Hbond substituents is 1. The molecule has 0 aliphatic carbocycles. The van der Waals surface area contributed by atoms with Crippen molar-refractivity contribution < 1.29 is 18.3 Å². The molecule has 0 aromatic heterocycles. The molecule has 2 saturated heterocycles. The van der Waals surface area contributed by atoms with Gasteiger partial charge in [0.05, 0.1) is 10.7 Å². The van der Waals surface area contributed by atoms with Gasteiger partial charge in [-0.05, 0) is 36.6 Å². The summed E-state index contributed by atoms with van der Waals surface area (Å²) in [5.41, 5.74) is 1.56. The zero-order chi connectivity index (χ0) is 21.5. The van der Waals surface area contributed by atoms with E-state index in [1.807, 2.05) is 19.1 Å². The number of rotatable bonds is 5. The van der Waals surface area contributed by atoms with Gasteiger partial charge in [-0.15, -0.1) is 0 Å². The molecule has 160 valence electrons. The van der Waals surface area contributed by atoms with Crippen molar-refractivity contribution in [3.8, 4) is 5.75 Å². The highest BCUT2D eigenvalue weighted by molar-refractivity contribution is 7.89. The van der Waals surface area contributed by atoms with Gasteiger partial charge in [0.25, 0.3) is 0 Å². The average molecular weight is 451 g/mol. The third-order valence-corrected chi connectivity index (χ3v) is 7.97. The van der Waals surface area contributed by atoms with Crippen LogP contribution in [0.5, 0.6) is 5.75 Å². The van der Waals surface area contributed by atoms with E-state index >= 15 is 0 Å². The number of sulfonamides is 1. The smallest absolute Gasteiger partial charge is 0.323 e. The van der Waals surface area contributed by atoms with Crippen molar-refractivity contribution in [3.63, 3.8) is 0 Å². The second kappa shape index (κ2) is 8.07. The van der Waals surface area contributed by atoms with Crippen LogP contribution in [0.1, 0.15) is 18.9 Å². The lowest BCUT2D eigenvalue weighted by molar-refractivity contribution is 0.262. The number of urea groups is 1. The van der Waals surface area contributed by atoms with Crippen molar-refractivity contribution in [2.75, 3.05) is 23.7 Å². The van der Waals surface area contributed by atoms with Crippen molar-refractivity contribution in [2.24, 2.45) is 0 Å². The monoisotopic (exact) mass is 450 g/mol. The maximum absolute atomic E-state index is 13.2. The molecule has 2 aromatic rings. The standard InChI is InChI=1S/C20H23ClN4O4S/c1-2-12-5-3-4-6-16(12)23-20(27)24-17-8-7-15(21)19(18(17)26)30(28,29)25-11-13-9-14(25)10-22-13/h3-8,13-14,22,26H,2,9-11H2,1H3,(H2,23,24,27)/t13-,14-/m0/s1. The third kappa shape index (κ3) is 3.74. The molecule has 2 amide bonds. The van der Waals surface area contributed by atoms with Crippen LogP contribution >= 0.6 is 11.6 Å². The number of aryl methyl sites for hydroxylation is 1.